The Balaban J connectivity index is 1.52. The number of nitrogens with zero attached hydrogens (tertiary/aromatic N) is 2. The Kier molecular flexibility index (Phi) is 23.0. The van der Waals surface area contributed by atoms with Crippen molar-refractivity contribution in [2.45, 2.75) is 169 Å². The van der Waals surface area contributed by atoms with Gasteiger partial charge in [-0.05, 0) is 75.5 Å². The first-order valence-electron chi connectivity index (χ1n) is 26.0. The number of phenolic OH excluding ortho intramolecular Hbond substituents is 1. The molecule has 2 aliphatic heterocycles. The molecular formula is C49H74N14O12S2. The van der Waals surface area contributed by atoms with Crippen LogP contribution in [0, 0.1) is 0 Å². The number of aromatic hydroxyl groups is 1. The third kappa shape index (κ3) is 18.7. The van der Waals surface area contributed by atoms with Crippen LogP contribution in [-0.2, 0) is 59.2 Å². The number of phenols is 1. The quantitative estimate of drug-likeness (QED) is 0.0331. The van der Waals surface area contributed by atoms with Crippen molar-refractivity contribution in [3.8, 4) is 5.75 Å². The minimum Gasteiger partial charge on any atom is -0.508 e. The lowest BCUT2D eigenvalue weighted by Crippen LogP contribution is -2.65. The highest BCUT2D eigenvalue weighted by atomic mass is 33.1. The molecule has 77 heavy (non-hydrogen) atoms. The van der Waals surface area contributed by atoms with E-state index in [2.05, 4.69) is 42.2 Å². The summed E-state index contributed by atoms with van der Waals surface area (Å²) in [7, 11) is 2.51. The van der Waals surface area contributed by atoms with Crippen LogP contribution in [0.4, 0.5) is 0 Å². The molecule has 2 saturated heterocycles. The van der Waals surface area contributed by atoms with E-state index in [9.17, 15) is 57.8 Å². The van der Waals surface area contributed by atoms with Gasteiger partial charge in [-0.1, -0.05) is 72.2 Å². The second kappa shape index (κ2) is 29.1. The van der Waals surface area contributed by atoms with E-state index in [0.29, 0.717) is 37.7 Å². The third-order valence-electron chi connectivity index (χ3n) is 14.1. The normalized spacial score (nSPS) is 23.9. The number of amides is 11. The lowest BCUT2D eigenvalue weighted by molar-refractivity contribution is -0.142. The number of hydrogen-bond acceptors (Lipinski definition) is 15. The average Bonchev–Trinajstić information content (AvgIpc) is 3.88. The number of rotatable bonds is 17. The number of nitrogens with two attached hydrogens (primary N) is 5. The molecule has 2 aliphatic carbocycles. The van der Waals surface area contributed by atoms with Crippen molar-refractivity contribution in [2.75, 3.05) is 25.4 Å². The van der Waals surface area contributed by atoms with E-state index >= 15 is 0 Å². The number of aliphatic imine (C=N–C) groups is 1. The standard InChI is InChI=1S/C49H74N14O12S2/c50-36(65)16-15-31-41(70)59-33(24-37(51)66)42(71)60-34(45(74)63-22-8-10-35(63)44(73)58-30(9-7-21-55-47(53)54)40(69)56-26-38(52)67)27-76-77-48(17-3-1-4-18-48)25-39(68)57-32(23-28-11-13-29(64)14-12-28)43(72)62-49(46(75)61-31)19-5-2-6-20-49/h11-14,30-35,64H,1-10,15-27H2,(H2,50,65)(H2,51,66)(H2,52,67)(H,56,69)(H,57,68)(H,58,73)(H,59,70)(H,60,71)(H,61,75)(H,62,72)(H4,53,54,55)/t30-,31-,32-,33-,34-,35-/m0/s1. The van der Waals surface area contributed by atoms with Gasteiger partial charge in [0.15, 0.2) is 5.96 Å². The monoisotopic (exact) mass is 1110 g/mol. The van der Waals surface area contributed by atoms with Crippen LogP contribution in [0.3, 0.4) is 0 Å². The van der Waals surface area contributed by atoms with E-state index in [1.54, 1.807) is 12.1 Å². The van der Waals surface area contributed by atoms with Crippen LogP contribution >= 0.6 is 21.6 Å². The fraction of sp³-hybridized carbons (Fsp3) is 0.633. The number of nitrogens with one attached hydrogen (secondary N) is 7. The highest BCUT2D eigenvalue weighted by molar-refractivity contribution is 8.77. The van der Waals surface area contributed by atoms with Gasteiger partial charge >= 0.3 is 0 Å². The second-order valence-corrected chi connectivity index (χ2v) is 22.9. The molecule has 5 rings (SSSR count). The predicted molar refractivity (Wildman–Crippen MR) is 285 cm³/mol. The predicted octanol–water partition coefficient (Wildman–Crippen LogP) is -2.55. The minimum absolute atomic E-state index is 0.0163. The zero-order valence-corrected chi connectivity index (χ0v) is 44.7. The summed E-state index contributed by atoms with van der Waals surface area (Å²) in [5.74, 6) is -9.27. The molecular weight excluding hydrogens is 1040 g/mol. The summed E-state index contributed by atoms with van der Waals surface area (Å²) in [6.07, 6.45) is 4.59. The Morgan fingerprint density at radius 2 is 1.43 bits per heavy atom. The minimum atomic E-state index is -1.75. The molecule has 6 atom stereocenters. The molecule has 18 N–H and O–H groups in total. The number of guanidine groups is 1. The van der Waals surface area contributed by atoms with Gasteiger partial charge in [0.05, 0.1) is 13.0 Å². The summed E-state index contributed by atoms with van der Waals surface area (Å²) >= 11 is 0. The van der Waals surface area contributed by atoms with Crippen LogP contribution in [0.25, 0.3) is 0 Å². The molecule has 2 spiro atoms. The van der Waals surface area contributed by atoms with Crippen LogP contribution in [0.1, 0.15) is 121 Å². The molecule has 11 amide bonds. The first-order valence-corrected chi connectivity index (χ1v) is 28.3. The van der Waals surface area contributed by atoms with Crippen LogP contribution in [0.5, 0.6) is 5.75 Å². The highest BCUT2D eigenvalue weighted by Crippen LogP contribution is 2.48. The Labute approximate surface area is 454 Å². The Morgan fingerprint density at radius 3 is 2.06 bits per heavy atom. The van der Waals surface area contributed by atoms with Crippen molar-refractivity contribution in [2.24, 2.45) is 33.7 Å². The van der Waals surface area contributed by atoms with Crippen molar-refractivity contribution in [1.29, 1.82) is 0 Å². The maximum Gasteiger partial charge on any atom is 0.246 e. The van der Waals surface area contributed by atoms with Crippen molar-refractivity contribution in [1.82, 2.24) is 42.1 Å². The first-order chi connectivity index (χ1) is 36.6. The van der Waals surface area contributed by atoms with E-state index in [1.807, 2.05) is 0 Å². The van der Waals surface area contributed by atoms with Crippen LogP contribution in [0.15, 0.2) is 29.3 Å². The molecule has 4 aliphatic rings. The number of likely N-dealkylation sites (tertiary alicyclic amines) is 1. The number of primary amides is 3. The largest absolute Gasteiger partial charge is 0.508 e. The summed E-state index contributed by atoms with van der Waals surface area (Å²) in [5.41, 5.74) is 26.2. The fourth-order valence-electron chi connectivity index (χ4n) is 10.0. The third-order valence-corrected chi connectivity index (χ3v) is 17.4. The van der Waals surface area contributed by atoms with Gasteiger partial charge < -0.3 is 75.9 Å². The summed E-state index contributed by atoms with van der Waals surface area (Å²) in [6, 6.07) is -2.27. The molecule has 0 aromatic heterocycles. The van der Waals surface area contributed by atoms with Gasteiger partial charge in [-0.25, -0.2) is 0 Å². The topological polar surface area (TPSA) is 438 Å². The smallest absolute Gasteiger partial charge is 0.246 e. The lowest BCUT2D eigenvalue weighted by atomic mass is 9.80. The second-order valence-electron chi connectivity index (χ2n) is 20.1. The van der Waals surface area contributed by atoms with Crippen molar-refractivity contribution in [3.05, 3.63) is 29.8 Å². The van der Waals surface area contributed by atoms with Gasteiger partial charge in [-0.15, -0.1) is 0 Å². The molecule has 0 unspecified atom stereocenters. The molecule has 0 bridgehead atoms. The van der Waals surface area contributed by atoms with Gasteiger partial charge in [0.2, 0.25) is 65.0 Å². The van der Waals surface area contributed by atoms with E-state index in [-0.39, 0.29) is 81.9 Å². The highest BCUT2D eigenvalue weighted by Gasteiger charge is 2.46. The number of carbonyl (C=O) groups excluding carboxylic acids is 11. The van der Waals surface area contributed by atoms with Crippen LogP contribution in [0.2, 0.25) is 0 Å². The van der Waals surface area contributed by atoms with Crippen molar-refractivity contribution in [3.63, 3.8) is 0 Å². The summed E-state index contributed by atoms with van der Waals surface area (Å²) in [6.45, 7) is -0.374. The molecule has 28 heteroatoms. The fourth-order valence-corrected chi connectivity index (χ4v) is 13.4. The molecule has 1 aromatic carbocycles. The molecule has 26 nitrogen and oxygen atoms in total. The van der Waals surface area contributed by atoms with Crippen molar-refractivity contribution >= 4 is 92.5 Å². The maximum absolute atomic E-state index is 14.9. The van der Waals surface area contributed by atoms with Gasteiger partial charge in [-0.3, -0.25) is 57.7 Å². The van der Waals surface area contributed by atoms with Crippen LogP contribution < -0.4 is 65.9 Å². The summed E-state index contributed by atoms with van der Waals surface area (Å²) in [5, 5.41) is 28.7. The first kappa shape index (κ1) is 61.0. The van der Waals surface area contributed by atoms with Gasteiger partial charge in [-0.2, -0.15) is 0 Å². The lowest BCUT2D eigenvalue weighted by Gasteiger charge is -2.39. The van der Waals surface area contributed by atoms with Gasteiger partial charge in [0, 0.05) is 42.9 Å². The van der Waals surface area contributed by atoms with E-state index in [1.165, 1.54) is 38.6 Å². The average molecular weight is 1120 g/mol. The molecule has 4 fully saturated rings. The molecule has 2 heterocycles. The Morgan fingerprint density at radius 1 is 0.766 bits per heavy atom. The zero-order chi connectivity index (χ0) is 56.3. The molecule has 2 saturated carbocycles. The number of hydrogen-bond donors (Lipinski definition) is 13. The van der Waals surface area contributed by atoms with Gasteiger partial charge in [0.25, 0.3) is 0 Å². The number of benzene rings is 1. The summed E-state index contributed by atoms with van der Waals surface area (Å²) < 4.78 is -0.737. The Hall–Kier alpha value is -6.84. The Bertz CT molecular complexity index is 2360. The molecule has 0 radical (unpaired) electrons. The van der Waals surface area contributed by atoms with E-state index in [4.69, 9.17) is 28.7 Å². The van der Waals surface area contributed by atoms with E-state index in [0.717, 1.165) is 25.7 Å². The molecule has 424 valence electrons. The van der Waals surface area contributed by atoms with Crippen LogP contribution in [-0.4, -0.2) is 153 Å². The maximum atomic E-state index is 14.9. The van der Waals surface area contributed by atoms with Crippen molar-refractivity contribution < 1.29 is 57.8 Å². The SMILES string of the molecule is NC(=O)CC[C@@H]1NC(=O)C2(CCCCC2)NC(=O)[C@H](Cc2ccc(O)cc2)NC(=O)CC2(CCCCC2)SSC[C@@H](C(=O)N2CCC[C@H]2C(=O)N[C@@H](CCCN=C(N)N)C(=O)NCC(N)=O)NC(=O)[C@H](CC(N)=O)NC1=O. The molecule has 1 aromatic rings. The van der Waals surface area contributed by atoms with E-state index < -0.39 is 131 Å². The zero-order valence-electron chi connectivity index (χ0n) is 43.1. The number of carbonyl (C=O) groups is 11. The van der Waals surface area contributed by atoms with Gasteiger partial charge in [0.1, 0.15) is 47.5 Å². The summed E-state index contributed by atoms with van der Waals surface area (Å²) in [4.78, 5) is 156.